The molecule has 24 valence electrons. The first kappa shape index (κ1) is 3.67. The van der Waals surface area contributed by atoms with Crippen LogP contribution >= 0.6 is 0 Å². The lowest BCUT2D eigenvalue weighted by Crippen LogP contribution is -1.22. The summed E-state index contributed by atoms with van der Waals surface area (Å²) in [6, 6.07) is 0. The van der Waals surface area contributed by atoms with Crippen LogP contribution < -0.4 is 0 Å². The maximum absolute atomic E-state index is 10.5. The van der Waals surface area contributed by atoms with Crippen LogP contribution in [-0.4, -0.2) is 0 Å². The molecule has 0 saturated carbocycles. The number of allylic oxidation sites excluding steroid dienone is 1. The van der Waals surface area contributed by atoms with Gasteiger partial charge in [0.25, 0.3) is 0 Å². The Morgan fingerprint density at radius 2 is 2.00 bits per heavy atom. The van der Waals surface area contributed by atoms with E-state index in [2.05, 4.69) is 0 Å². The molecule has 0 aliphatic heterocycles. The summed E-state index contributed by atoms with van der Waals surface area (Å²) in [6.07, 6.45) is 1.83. The van der Waals surface area contributed by atoms with Gasteiger partial charge in [-0.25, -0.2) is 4.39 Å². The van der Waals surface area contributed by atoms with E-state index in [4.69, 9.17) is 0 Å². The molecule has 0 aliphatic rings. The summed E-state index contributed by atoms with van der Waals surface area (Å²) in [5.41, 5.74) is 0. The summed E-state index contributed by atoms with van der Waals surface area (Å²) >= 11 is 0. The molecule has 0 unspecified atom stereocenters. The molecule has 0 fully saturated rings. The van der Waals surface area contributed by atoms with Gasteiger partial charge in [-0.3, -0.25) is 0 Å². The van der Waals surface area contributed by atoms with Crippen molar-refractivity contribution in [3.05, 3.63) is 12.4 Å². The highest BCUT2D eigenvalue weighted by molar-refractivity contribution is 4.61. The first-order valence-corrected chi connectivity index (χ1v) is 1.13. The zero-order chi connectivity index (χ0) is 3.41. The van der Waals surface area contributed by atoms with Crippen molar-refractivity contribution in [1.29, 1.82) is 0 Å². The average molecular weight is 60.1 g/mol. The molecular weight excluding hydrogens is 55.0 g/mol. The molecule has 0 spiro atoms. The molecule has 4 heavy (non-hydrogen) atoms. The Hall–Kier alpha value is -0.330. The second kappa shape index (κ2) is 2.67. The van der Waals surface area contributed by atoms with Crippen molar-refractivity contribution < 1.29 is 4.39 Å². The van der Waals surface area contributed by atoms with Crippen molar-refractivity contribution in [3.63, 3.8) is 0 Å². The largest absolute Gasteiger partial charge is 0.216 e. The Balaban J connectivity index is 2.55. The first-order valence-electron chi connectivity index (χ1n) is 1.13. The summed E-state index contributed by atoms with van der Waals surface area (Å²) in [7, 11) is 0. The van der Waals surface area contributed by atoms with Gasteiger partial charge in [-0.15, -0.1) is 0 Å². The van der Waals surface area contributed by atoms with Crippen LogP contribution in [-0.2, 0) is 0 Å². The molecule has 0 aliphatic carbocycles. The van der Waals surface area contributed by atoms with Gasteiger partial charge < -0.3 is 0 Å². The lowest BCUT2D eigenvalue weighted by atomic mass is 10.8. The molecule has 0 rings (SSSR count). The van der Waals surface area contributed by atoms with Crippen LogP contribution in [0.2, 0.25) is 0 Å². The molecule has 0 aromatic carbocycles. The van der Waals surface area contributed by atoms with Gasteiger partial charge in [0.1, 0.15) is 0 Å². The highest BCUT2D eigenvalue weighted by Gasteiger charge is 1.38. The van der Waals surface area contributed by atoms with E-state index in [1.165, 1.54) is 6.08 Å². The molecule has 0 N–H and O–H groups in total. The lowest BCUT2D eigenvalue weighted by molar-refractivity contribution is 0.719. The second-order valence-corrected chi connectivity index (χ2v) is 0.459. The van der Waals surface area contributed by atoms with Gasteiger partial charge in [-0.1, -0.05) is 6.08 Å². The number of halogens is 1. The monoisotopic (exact) mass is 60.0 g/mol. The molecule has 1 heteroatoms. The highest BCUT2D eigenvalue weighted by Crippen LogP contribution is 1.62. The van der Waals surface area contributed by atoms with Crippen LogP contribution in [0.25, 0.3) is 0 Å². The summed E-state index contributed by atoms with van der Waals surface area (Å²) in [5.74, 6) is 0. The summed E-state index contributed by atoms with van der Waals surface area (Å²) in [4.78, 5) is 0. The van der Waals surface area contributed by atoms with Crippen LogP contribution in [0.3, 0.4) is 0 Å². The summed E-state index contributed by atoms with van der Waals surface area (Å²) in [5, 5.41) is 0. The van der Waals surface area contributed by atoms with E-state index < -0.39 is 0 Å². The van der Waals surface area contributed by atoms with E-state index in [0.29, 0.717) is 6.33 Å². The Labute approximate surface area is 24.9 Å². The molecule has 0 aromatic rings. The topological polar surface area (TPSA) is 0 Å². The SMILES string of the molecule is C/C=C/F. The summed E-state index contributed by atoms with van der Waals surface area (Å²) < 4.78 is 10.5. The zero-order valence-corrected chi connectivity index (χ0v) is 2.53. The average Bonchev–Trinajstić information content (AvgIpc) is 1.37. The molecule has 0 heterocycles. The highest BCUT2D eigenvalue weighted by atomic mass is 19.1. The van der Waals surface area contributed by atoms with Crippen LogP contribution in [0.4, 0.5) is 4.39 Å². The Morgan fingerprint density at radius 3 is 2.00 bits per heavy atom. The fraction of sp³-hybridized carbons (Fsp3) is 0.333. The zero-order valence-electron chi connectivity index (χ0n) is 2.53. The molecule has 0 aromatic heterocycles. The van der Waals surface area contributed by atoms with Gasteiger partial charge in [0.2, 0.25) is 0 Å². The van der Waals surface area contributed by atoms with Crippen molar-refractivity contribution in [3.8, 4) is 0 Å². The maximum Gasteiger partial charge on any atom is 0.0824 e. The fourth-order valence-corrected chi connectivity index (χ4v) is 0. The standard InChI is InChI=1S/C3H5F/c1-2-3-4/h2-3H,1H3/b3-2+. The number of hydrogen-bond acceptors (Lipinski definition) is 0. The molecule has 0 atom stereocenters. The molecule has 0 saturated heterocycles. The Kier molecular flexibility index (Phi) is 2.45. The smallest absolute Gasteiger partial charge is 0.0824 e. The normalized spacial score (nSPS) is 9.50. The third-order valence-electron chi connectivity index (χ3n) is 0.126. The third kappa shape index (κ3) is 1.67. The fourth-order valence-electron chi connectivity index (χ4n) is 0. The second-order valence-electron chi connectivity index (χ2n) is 0.459. The Bertz CT molecular complexity index is 18.5. The van der Waals surface area contributed by atoms with Crippen molar-refractivity contribution in [2.24, 2.45) is 0 Å². The van der Waals surface area contributed by atoms with Gasteiger partial charge in [-0.2, -0.15) is 0 Å². The van der Waals surface area contributed by atoms with Crippen molar-refractivity contribution >= 4 is 0 Å². The molecule has 0 bridgehead atoms. The van der Waals surface area contributed by atoms with Gasteiger partial charge in [0, 0.05) is 0 Å². The van der Waals surface area contributed by atoms with Crippen molar-refractivity contribution in [2.75, 3.05) is 0 Å². The predicted molar refractivity (Wildman–Crippen MR) is 15.9 cm³/mol. The van der Waals surface area contributed by atoms with E-state index in [0.717, 1.165) is 0 Å². The number of hydrogen-bond donors (Lipinski definition) is 0. The first-order chi connectivity index (χ1) is 1.91. The minimum absolute atomic E-state index is 0.500. The van der Waals surface area contributed by atoms with E-state index in [1.807, 2.05) is 0 Å². The molecule has 0 radical (unpaired) electrons. The van der Waals surface area contributed by atoms with Gasteiger partial charge in [0.15, 0.2) is 0 Å². The predicted octanol–water partition coefficient (Wildman–Crippen LogP) is 1.49. The van der Waals surface area contributed by atoms with Gasteiger partial charge in [0.05, 0.1) is 6.33 Å². The summed E-state index contributed by atoms with van der Waals surface area (Å²) in [6.45, 7) is 1.62. The van der Waals surface area contributed by atoms with E-state index in [9.17, 15) is 4.39 Å². The van der Waals surface area contributed by atoms with Gasteiger partial charge >= 0.3 is 0 Å². The van der Waals surface area contributed by atoms with Crippen LogP contribution in [0, 0.1) is 0 Å². The maximum atomic E-state index is 10.5. The molecule has 0 amide bonds. The third-order valence-corrected chi connectivity index (χ3v) is 0.126. The minimum atomic E-state index is 0.500. The van der Waals surface area contributed by atoms with Crippen molar-refractivity contribution in [2.45, 2.75) is 6.92 Å². The molecule has 0 nitrogen and oxygen atoms in total. The van der Waals surface area contributed by atoms with Crippen molar-refractivity contribution in [1.82, 2.24) is 0 Å². The van der Waals surface area contributed by atoms with Crippen LogP contribution in [0.1, 0.15) is 6.92 Å². The van der Waals surface area contributed by atoms with Crippen LogP contribution in [0.5, 0.6) is 0 Å². The lowest BCUT2D eigenvalue weighted by Gasteiger charge is -1.45. The quantitative estimate of drug-likeness (QED) is 0.397. The minimum Gasteiger partial charge on any atom is -0.216 e. The van der Waals surface area contributed by atoms with E-state index in [1.54, 1.807) is 6.92 Å². The molecular formula is C3H5F. The van der Waals surface area contributed by atoms with Gasteiger partial charge in [-0.05, 0) is 6.92 Å². The number of rotatable bonds is 0. The Morgan fingerprint density at radius 1 is 1.75 bits per heavy atom. The van der Waals surface area contributed by atoms with Crippen LogP contribution in [0.15, 0.2) is 12.4 Å². The van der Waals surface area contributed by atoms with E-state index >= 15 is 0 Å². The van der Waals surface area contributed by atoms with E-state index in [-0.39, 0.29) is 0 Å².